The Morgan fingerprint density at radius 3 is 2.48 bits per heavy atom. The summed E-state index contributed by atoms with van der Waals surface area (Å²) in [6.07, 6.45) is 12.5. The molecule has 1 aromatic heterocycles. The molecule has 2 aromatic rings. The van der Waals surface area contributed by atoms with Gasteiger partial charge in [0.2, 0.25) is 5.96 Å². The van der Waals surface area contributed by atoms with Crippen LogP contribution >= 0.6 is 0 Å². The number of rotatable bonds is 3. The van der Waals surface area contributed by atoms with Crippen LogP contribution in [0.5, 0.6) is 0 Å². The molecule has 2 fully saturated rings. The number of hydrogen-bond acceptors (Lipinski definition) is 4. The van der Waals surface area contributed by atoms with Crippen LogP contribution in [0.3, 0.4) is 0 Å². The molecule has 27 heavy (non-hydrogen) atoms. The van der Waals surface area contributed by atoms with Crippen molar-refractivity contribution >= 4 is 11.7 Å². The van der Waals surface area contributed by atoms with E-state index in [0.29, 0.717) is 0 Å². The van der Waals surface area contributed by atoms with E-state index in [4.69, 9.17) is 4.99 Å². The van der Waals surface area contributed by atoms with Gasteiger partial charge in [-0.15, -0.1) is 0 Å². The largest absolute Gasteiger partial charge is 0.339 e. The van der Waals surface area contributed by atoms with Gasteiger partial charge in [-0.2, -0.15) is 0 Å². The van der Waals surface area contributed by atoms with Gasteiger partial charge in [-0.3, -0.25) is 4.98 Å². The lowest BCUT2D eigenvalue weighted by Gasteiger charge is -2.52. The Morgan fingerprint density at radius 1 is 0.926 bits per heavy atom. The van der Waals surface area contributed by atoms with Crippen molar-refractivity contribution in [2.24, 2.45) is 4.99 Å². The van der Waals surface area contributed by atoms with E-state index < -0.39 is 0 Å². The van der Waals surface area contributed by atoms with Crippen LogP contribution in [0.25, 0.3) is 5.70 Å². The fourth-order valence-electron chi connectivity index (χ4n) is 4.88. The summed E-state index contributed by atoms with van der Waals surface area (Å²) in [7, 11) is 0. The molecule has 3 heterocycles. The van der Waals surface area contributed by atoms with E-state index in [1.807, 2.05) is 12.4 Å². The minimum absolute atomic E-state index is 0.284. The van der Waals surface area contributed by atoms with Gasteiger partial charge in [-0.05, 0) is 43.0 Å². The summed E-state index contributed by atoms with van der Waals surface area (Å²) in [6.45, 7) is 3.00. The van der Waals surface area contributed by atoms with E-state index >= 15 is 0 Å². The van der Waals surface area contributed by atoms with Crippen LogP contribution in [0.1, 0.15) is 43.2 Å². The molecule has 1 spiro atoms. The Kier molecular flexibility index (Phi) is 4.19. The van der Waals surface area contributed by atoms with Crippen molar-refractivity contribution in [1.82, 2.24) is 14.8 Å². The Hall–Kier alpha value is -2.62. The molecule has 2 aliphatic heterocycles. The number of hydrogen-bond donors (Lipinski definition) is 0. The zero-order valence-electron chi connectivity index (χ0n) is 15.7. The Balaban J connectivity index is 1.54. The molecular weight excluding hydrogens is 332 g/mol. The summed E-state index contributed by atoms with van der Waals surface area (Å²) in [5.74, 6) is 1.17. The van der Waals surface area contributed by atoms with Gasteiger partial charge in [0.25, 0.3) is 0 Å². The first-order chi connectivity index (χ1) is 13.3. The third kappa shape index (κ3) is 3.03. The summed E-state index contributed by atoms with van der Waals surface area (Å²) in [4.78, 5) is 14.4. The number of nitrogens with zero attached hydrogens (tertiary/aromatic N) is 4. The van der Waals surface area contributed by atoms with Crippen LogP contribution in [-0.4, -0.2) is 39.4 Å². The van der Waals surface area contributed by atoms with E-state index in [0.717, 1.165) is 30.9 Å². The van der Waals surface area contributed by atoms with Gasteiger partial charge in [-0.1, -0.05) is 43.2 Å². The first kappa shape index (κ1) is 16.5. The highest BCUT2D eigenvalue weighted by Gasteiger charge is 2.46. The monoisotopic (exact) mass is 358 g/mol. The van der Waals surface area contributed by atoms with Gasteiger partial charge in [0, 0.05) is 43.1 Å². The zero-order valence-corrected chi connectivity index (χ0v) is 15.7. The number of benzene rings is 1. The van der Waals surface area contributed by atoms with E-state index in [-0.39, 0.29) is 5.54 Å². The SMILES string of the molecule is C1=C(c2ccncc2)N=C2N(C1)CCC1(CCCC1)N2Cc1ccccc1. The summed E-state index contributed by atoms with van der Waals surface area (Å²) in [5, 5.41) is 0. The van der Waals surface area contributed by atoms with Gasteiger partial charge in [-0.25, -0.2) is 4.99 Å². The third-order valence-corrected chi connectivity index (χ3v) is 6.36. The molecule has 138 valence electrons. The van der Waals surface area contributed by atoms with Crippen LogP contribution in [0, 0.1) is 0 Å². The Morgan fingerprint density at radius 2 is 1.70 bits per heavy atom. The highest BCUT2D eigenvalue weighted by Crippen LogP contribution is 2.43. The second-order valence-corrected chi connectivity index (χ2v) is 7.94. The molecule has 0 unspecified atom stereocenters. The van der Waals surface area contributed by atoms with E-state index in [2.05, 4.69) is 63.3 Å². The molecule has 0 atom stereocenters. The van der Waals surface area contributed by atoms with Gasteiger partial charge in [0.15, 0.2) is 0 Å². The van der Waals surface area contributed by atoms with Crippen molar-refractivity contribution in [2.75, 3.05) is 13.1 Å². The molecule has 4 nitrogen and oxygen atoms in total. The average Bonchev–Trinajstić information content (AvgIpc) is 3.21. The molecule has 0 radical (unpaired) electrons. The van der Waals surface area contributed by atoms with Gasteiger partial charge >= 0.3 is 0 Å². The molecule has 1 saturated carbocycles. The highest BCUT2D eigenvalue weighted by molar-refractivity contribution is 5.89. The van der Waals surface area contributed by atoms with Crippen LogP contribution < -0.4 is 0 Å². The molecule has 0 bridgehead atoms. The van der Waals surface area contributed by atoms with Crippen LogP contribution in [0.2, 0.25) is 0 Å². The van der Waals surface area contributed by atoms with Crippen molar-refractivity contribution in [1.29, 1.82) is 0 Å². The summed E-state index contributed by atoms with van der Waals surface area (Å²) in [6, 6.07) is 15.0. The van der Waals surface area contributed by atoms with E-state index in [9.17, 15) is 0 Å². The topological polar surface area (TPSA) is 31.7 Å². The molecule has 0 amide bonds. The fourth-order valence-corrected chi connectivity index (χ4v) is 4.88. The lowest BCUT2D eigenvalue weighted by Crippen LogP contribution is -2.61. The number of pyridine rings is 1. The Labute approximate surface area is 161 Å². The maximum Gasteiger partial charge on any atom is 0.202 e. The van der Waals surface area contributed by atoms with Crippen molar-refractivity contribution in [3.05, 3.63) is 72.1 Å². The van der Waals surface area contributed by atoms with Crippen LogP contribution in [-0.2, 0) is 6.54 Å². The molecule has 0 N–H and O–H groups in total. The first-order valence-electron chi connectivity index (χ1n) is 10.1. The van der Waals surface area contributed by atoms with Crippen molar-refractivity contribution in [3.8, 4) is 0 Å². The van der Waals surface area contributed by atoms with E-state index in [1.54, 1.807) is 0 Å². The number of guanidine groups is 1. The number of fused-ring (bicyclic) bond motifs is 1. The second-order valence-electron chi connectivity index (χ2n) is 7.94. The fraction of sp³-hybridized carbons (Fsp3) is 0.391. The molecule has 5 rings (SSSR count). The lowest BCUT2D eigenvalue weighted by atomic mass is 9.88. The molecule has 1 aliphatic carbocycles. The van der Waals surface area contributed by atoms with Gasteiger partial charge < -0.3 is 9.80 Å². The number of aromatic nitrogens is 1. The maximum absolute atomic E-state index is 5.17. The van der Waals surface area contributed by atoms with Crippen LogP contribution in [0.4, 0.5) is 0 Å². The smallest absolute Gasteiger partial charge is 0.202 e. The highest BCUT2D eigenvalue weighted by atomic mass is 15.4. The molecule has 4 heteroatoms. The molecular formula is C23H26N4. The maximum atomic E-state index is 5.17. The van der Waals surface area contributed by atoms with Gasteiger partial charge in [0.1, 0.15) is 0 Å². The van der Waals surface area contributed by atoms with Gasteiger partial charge in [0.05, 0.1) is 5.70 Å². The normalized spacial score (nSPS) is 21.0. The predicted octanol–water partition coefficient (Wildman–Crippen LogP) is 4.31. The Bertz CT molecular complexity index is 850. The quantitative estimate of drug-likeness (QED) is 0.819. The summed E-state index contributed by atoms with van der Waals surface area (Å²) < 4.78 is 0. The summed E-state index contributed by atoms with van der Waals surface area (Å²) in [5.41, 5.74) is 3.89. The third-order valence-electron chi connectivity index (χ3n) is 6.36. The molecule has 3 aliphatic rings. The summed E-state index contributed by atoms with van der Waals surface area (Å²) >= 11 is 0. The zero-order chi connectivity index (χ0) is 18.1. The lowest BCUT2D eigenvalue weighted by molar-refractivity contribution is 0.0936. The average molecular weight is 358 g/mol. The number of aliphatic imine (C=N–C) groups is 1. The minimum atomic E-state index is 0.284. The predicted molar refractivity (Wildman–Crippen MR) is 109 cm³/mol. The molecule has 1 aromatic carbocycles. The minimum Gasteiger partial charge on any atom is -0.339 e. The molecule has 1 saturated heterocycles. The van der Waals surface area contributed by atoms with Crippen molar-refractivity contribution in [3.63, 3.8) is 0 Å². The second kappa shape index (κ2) is 6.84. The standard InChI is InChI=1S/C23H26N4/c1-2-6-19(7-3-1)18-27-22-25-21(20-8-14-24-15-9-20)10-16-26(22)17-13-23(27)11-4-5-12-23/h1-3,6-10,14-15H,4-5,11-13,16-18H2. The van der Waals surface area contributed by atoms with Crippen LogP contribution in [0.15, 0.2) is 65.9 Å². The first-order valence-corrected chi connectivity index (χ1v) is 10.1. The van der Waals surface area contributed by atoms with Crippen molar-refractivity contribution in [2.45, 2.75) is 44.2 Å². The van der Waals surface area contributed by atoms with Crippen molar-refractivity contribution < 1.29 is 0 Å². The van der Waals surface area contributed by atoms with E-state index in [1.165, 1.54) is 43.6 Å².